The molecule has 0 spiro atoms. The van der Waals surface area contributed by atoms with Gasteiger partial charge in [-0.25, -0.2) is 4.39 Å². The summed E-state index contributed by atoms with van der Waals surface area (Å²) in [5.41, 5.74) is 2.53. The first-order valence-electron chi connectivity index (χ1n) is 12.9. The van der Waals surface area contributed by atoms with Crippen molar-refractivity contribution in [3.63, 3.8) is 0 Å². The van der Waals surface area contributed by atoms with Crippen LogP contribution in [0.5, 0.6) is 5.75 Å². The first-order valence-corrected chi connectivity index (χ1v) is 12.9. The van der Waals surface area contributed by atoms with Crippen molar-refractivity contribution >= 4 is 11.8 Å². The summed E-state index contributed by atoms with van der Waals surface area (Å²) in [5, 5.41) is 10.1. The minimum absolute atomic E-state index is 0.0114. The number of methoxy groups -OCH3 is 1. The Morgan fingerprint density at radius 3 is 2.35 bits per heavy atom. The number of piperazine rings is 1. The summed E-state index contributed by atoms with van der Waals surface area (Å²) in [5.74, 6) is 0.202. The summed E-state index contributed by atoms with van der Waals surface area (Å²) < 4.78 is 18.6. The lowest BCUT2D eigenvalue weighted by Gasteiger charge is -2.49. The van der Waals surface area contributed by atoms with Gasteiger partial charge in [-0.1, -0.05) is 25.0 Å². The van der Waals surface area contributed by atoms with Crippen molar-refractivity contribution in [2.45, 2.75) is 38.3 Å². The summed E-state index contributed by atoms with van der Waals surface area (Å²) in [6.45, 7) is 2.58. The third-order valence-electron chi connectivity index (χ3n) is 7.83. The van der Waals surface area contributed by atoms with Gasteiger partial charge >= 0.3 is 0 Å². The highest BCUT2D eigenvalue weighted by molar-refractivity contribution is 5.99. The van der Waals surface area contributed by atoms with Crippen molar-refractivity contribution in [2.75, 3.05) is 33.3 Å². The van der Waals surface area contributed by atoms with Gasteiger partial charge in [-0.3, -0.25) is 9.59 Å². The Bertz CT molecular complexity index is 1230. The van der Waals surface area contributed by atoms with Crippen LogP contribution in [-0.2, 0) is 11.3 Å². The Balaban J connectivity index is 1.35. The molecule has 37 heavy (non-hydrogen) atoms. The fourth-order valence-electron chi connectivity index (χ4n) is 5.93. The Morgan fingerprint density at radius 2 is 1.70 bits per heavy atom. The van der Waals surface area contributed by atoms with Gasteiger partial charge in [-0.05, 0) is 54.8 Å². The number of nitriles is 1. The molecule has 3 aliphatic rings. The first-order chi connectivity index (χ1) is 18.0. The minimum atomic E-state index is -0.311. The molecule has 192 valence electrons. The molecule has 2 aliphatic heterocycles. The molecule has 1 saturated heterocycles. The highest BCUT2D eigenvalue weighted by atomic mass is 19.1. The molecule has 2 aromatic carbocycles. The quantitative estimate of drug-likeness (QED) is 0.619. The SMILES string of the molecule is COc1ccc(C(=O)N2CCN(C3=C(C#N)C(=O)N(Cc4ccc(F)cc4)C4CCCCC34)CC2)cc1. The van der Waals surface area contributed by atoms with Crippen LogP contribution in [-0.4, -0.2) is 65.8 Å². The third-order valence-corrected chi connectivity index (χ3v) is 7.83. The normalized spacial score (nSPS) is 22.0. The van der Waals surface area contributed by atoms with Crippen molar-refractivity contribution in [2.24, 2.45) is 5.92 Å². The second kappa shape index (κ2) is 10.6. The number of halogens is 1. The van der Waals surface area contributed by atoms with Crippen LogP contribution in [0.15, 0.2) is 59.8 Å². The highest BCUT2D eigenvalue weighted by Gasteiger charge is 2.45. The van der Waals surface area contributed by atoms with Crippen LogP contribution >= 0.6 is 0 Å². The van der Waals surface area contributed by atoms with Crippen LogP contribution in [0.2, 0.25) is 0 Å². The van der Waals surface area contributed by atoms with Gasteiger partial charge in [0.15, 0.2) is 0 Å². The van der Waals surface area contributed by atoms with E-state index in [0.29, 0.717) is 44.0 Å². The van der Waals surface area contributed by atoms with Gasteiger partial charge < -0.3 is 19.4 Å². The maximum Gasteiger partial charge on any atom is 0.266 e. The van der Waals surface area contributed by atoms with E-state index in [2.05, 4.69) is 11.0 Å². The standard InChI is InChI=1S/C29H31FN4O3/c1-37-23-12-8-21(9-13-23)28(35)33-16-14-32(15-17-33)27-24-4-2-3-5-26(24)34(29(36)25(27)18-31)19-20-6-10-22(30)11-7-20/h6-13,24,26H,2-5,14-17,19H2,1H3. The summed E-state index contributed by atoms with van der Waals surface area (Å²) in [6.07, 6.45) is 3.89. The molecule has 2 amide bonds. The van der Waals surface area contributed by atoms with E-state index in [1.807, 2.05) is 9.80 Å². The third kappa shape index (κ3) is 4.91. The smallest absolute Gasteiger partial charge is 0.266 e. The number of hydrogen-bond donors (Lipinski definition) is 0. The first kappa shape index (κ1) is 24.8. The molecular formula is C29H31FN4O3. The predicted octanol–water partition coefficient (Wildman–Crippen LogP) is 3.97. The molecule has 2 aromatic rings. The van der Waals surface area contributed by atoms with E-state index in [4.69, 9.17) is 4.74 Å². The molecule has 5 rings (SSSR count). The molecule has 0 bridgehead atoms. The molecule has 0 radical (unpaired) electrons. The lowest BCUT2D eigenvalue weighted by molar-refractivity contribution is -0.133. The van der Waals surface area contributed by atoms with E-state index in [1.54, 1.807) is 43.5 Å². The lowest BCUT2D eigenvalue weighted by Crippen LogP contribution is -2.56. The molecule has 1 aliphatic carbocycles. The number of nitrogens with zero attached hydrogens (tertiary/aromatic N) is 4. The zero-order chi connectivity index (χ0) is 25.9. The number of ether oxygens (including phenoxy) is 1. The molecule has 2 atom stereocenters. The Kier molecular flexibility index (Phi) is 7.13. The zero-order valence-electron chi connectivity index (χ0n) is 21.0. The monoisotopic (exact) mass is 502 g/mol. The Morgan fingerprint density at radius 1 is 1.03 bits per heavy atom. The minimum Gasteiger partial charge on any atom is -0.497 e. The molecule has 2 fully saturated rings. The van der Waals surface area contributed by atoms with Gasteiger partial charge in [-0.2, -0.15) is 5.26 Å². The van der Waals surface area contributed by atoms with Crippen molar-refractivity contribution in [1.29, 1.82) is 5.26 Å². The maximum atomic E-state index is 13.6. The fourth-order valence-corrected chi connectivity index (χ4v) is 5.93. The van der Waals surface area contributed by atoms with Crippen molar-refractivity contribution in [3.05, 3.63) is 76.7 Å². The Labute approximate surface area is 216 Å². The van der Waals surface area contributed by atoms with E-state index in [0.717, 1.165) is 36.9 Å². The highest BCUT2D eigenvalue weighted by Crippen LogP contribution is 2.41. The number of rotatable bonds is 5. The number of benzene rings is 2. The number of amides is 2. The van der Waals surface area contributed by atoms with Crippen LogP contribution in [0.25, 0.3) is 0 Å². The maximum absolute atomic E-state index is 13.6. The van der Waals surface area contributed by atoms with Gasteiger partial charge in [-0.15, -0.1) is 0 Å². The summed E-state index contributed by atoms with van der Waals surface area (Å²) in [4.78, 5) is 32.5. The molecular weight excluding hydrogens is 471 g/mol. The largest absolute Gasteiger partial charge is 0.497 e. The van der Waals surface area contributed by atoms with Gasteiger partial charge in [0.05, 0.1) is 7.11 Å². The van der Waals surface area contributed by atoms with Crippen LogP contribution < -0.4 is 4.74 Å². The fraction of sp³-hybridized carbons (Fsp3) is 0.414. The number of hydrogen-bond acceptors (Lipinski definition) is 5. The van der Waals surface area contributed by atoms with Crippen molar-refractivity contribution < 1.29 is 18.7 Å². The molecule has 1 saturated carbocycles. The molecule has 8 heteroatoms. The molecule has 2 unspecified atom stereocenters. The molecule has 0 N–H and O–H groups in total. The van der Waals surface area contributed by atoms with E-state index in [1.165, 1.54) is 12.1 Å². The van der Waals surface area contributed by atoms with E-state index in [-0.39, 0.29) is 35.2 Å². The second-order valence-electron chi connectivity index (χ2n) is 9.90. The number of fused-ring (bicyclic) bond motifs is 1. The van der Waals surface area contributed by atoms with Crippen LogP contribution in [0.4, 0.5) is 4.39 Å². The van der Waals surface area contributed by atoms with E-state index < -0.39 is 0 Å². The molecule has 7 nitrogen and oxygen atoms in total. The van der Waals surface area contributed by atoms with E-state index in [9.17, 15) is 19.2 Å². The number of carbonyl (C=O) groups is 2. The van der Waals surface area contributed by atoms with Gasteiger partial charge in [0.2, 0.25) is 0 Å². The van der Waals surface area contributed by atoms with Crippen molar-refractivity contribution in [3.8, 4) is 11.8 Å². The zero-order valence-corrected chi connectivity index (χ0v) is 21.0. The van der Waals surface area contributed by atoms with Crippen molar-refractivity contribution in [1.82, 2.24) is 14.7 Å². The summed E-state index contributed by atoms with van der Waals surface area (Å²) in [7, 11) is 1.59. The van der Waals surface area contributed by atoms with Gasteiger partial charge in [0, 0.05) is 55.9 Å². The summed E-state index contributed by atoms with van der Waals surface area (Å²) >= 11 is 0. The summed E-state index contributed by atoms with van der Waals surface area (Å²) in [6, 6.07) is 15.5. The average molecular weight is 503 g/mol. The topological polar surface area (TPSA) is 76.9 Å². The predicted molar refractivity (Wildman–Crippen MR) is 136 cm³/mol. The van der Waals surface area contributed by atoms with E-state index >= 15 is 0 Å². The van der Waals surface area contributed by atoms with Gasteiger partial charge in [0.25, 0.3) is 11.8 Å². The van der Waals surface area contributed by atoms with Crippen LogP contribution in [0.3, 0.4) is 0 Å². The molecule has 0 aromatic heterocycles. The lowest BCUT2D eigenvalue weighted by atomic mass is 9.76. The van der Waals surface area contributed by atoms with Gasteiger partial charge in [0.1, 0.15) is 23.2 Å². The second-order valence-corrected chi connectivity index (χ2v) is 9.90. The number of carbonyl (C=O) groups excluding carboxylic acids is 2. The molecule has 2 heterocycles. The Hall–Kier alpha value is -3.86. The average Bonchev–Trinajstić information content (AvgIpc) is 2.95. The van der Waals surface area contributed by atoms with Crippen LogP contribution in [0, 0.1) is 23.1 Å². The van der Waals surface area contributed by atoms with Crippen LogP contribution in [0.1, 0.15) is 41.6 Å².